The molecule has 7 nitrogen and oxygen atoms in total. The molecule has 0 spiro atoms. The zero-order valence-corrected chi connectivity index (χ0v) is 9.59. The molecule has 0 radical (unpaired) electrons. The van der Waals surface area contributed by atoms with Gasteiger partial charge in [-0.15, -0.1) is 5.10 Å². The van der Waals surface area contributed by atoms with Gasteiger partial charge in [0, 0.05) is 13.1 Å². The van der Waals surface area contributed by atoms with Crippen LogP contribution in [-0.4, -0.2) is 38.2 Å². The van der Waals surface area contributed by atoms with Crippen molar-refractivity contribution in [1.82, 2.24) is 20.3 Å². The van der Waals surface area contributed by atoms with Gasteiger partial charge in [-0.1, -0.05) is 5.21 Å². The summed E-state index contributed by atoms with van der Waals surface area (Å²) in [5.74, 6) is -0.182. The van der Waals surface area contributed by atoms with E-state index in [2.05, 4.69) is 15.6 Å². The topological polar surface area (TPSA) is 106 Å². The van der Waals surface area contributed by atoms with Crippen LogP contribution in [0.5, 0.6) is 0 Å². The SMILES string of the molecule is NCc1cn(CC(=O)NCC2(O)CCC2)nn1. The monoisotopic (exact) mass is 239 g/mol. The lowest BCUT2D eigenvalue weighted by Gasteiger charge is -2.36. The Kier molecular flexibility index (Phi) is 3.39. The van der Waals surface area contributed by atoms with Crippen molar-refractivity contribution in [3.63, 3.8) is 0 Å². The number of nitrogens with two attached hydrogens (primary N) is 1. The van der Waals surface area contributed by atoms with Gasteiger partial charge in [0.2, 0.25) is 5.91 Å². The summed E-state index contributed by atoms with van der Waals surface area (Å²) in [6, 6.07) is 0. The third-order valence-electron chi connectivity index (χ3n) is 3.00. The first-order valence-electron chi connectivity index (χ1n) is 5.69. The van der Waals surface area contributed by atoms with E-state index in [-0.39, 0.29) is 12.5 Å². The Balaban J connectivity index is 1.76. The van der Waals surface area contributed by atoms with Crippen LogP contribution in [0.2, 0.25) is 0 Å². The highest BCUT2D eigenvalue weighted by Crippen LogP contribution is 2.30. The van der Waals surface area contributed by atoms with Crippen molar-refractivity contribution < 1.29 is 9.90 Å². The molecule has 1 heterocycles. The molecular weight excluding hydrogens is 222 g/mol. The lowest BCUT2D eigenvalue weighted by molar-refractivity contribution is -0.124. The summed E-state index contributed by atoms with van der Waals surface area (Å²) < 4.78 is 1.43. The molecule has 1 fully saturated rings. The summed E-state index contributed by atoms with van der Waals surface area (Å²) in [7, 11) is 0. The second-order valence-electron chi connectivity index (χ2n) is 4.47. The van der Waals surface area contributed by atoms with Gasteiger partial charge in [0.1, 0.15) is 6.54 Å². The van der Waals surface area contributed by atoms with E-state index < -0.39 is 5.60 Å². The fourth-order valence-electron chi connectivity index (χ4n) is 1.74. The summed E-state index contributed by atoms with van der Waals surface area (Å²) in [5.41, 5.74) is 5.34. The third kappa shape index (κ3) is 3.01. The Labute approximate surface area is 99.0 Å². The number of hydrogen-bond acceptors (Lipinski definition) is 5. The van der Waals surface area contributed by atoms with Gasteiger partial charge in [0.15, 0.2) is 0 Å². The largest absolute Gasteiger partial charge is 0.388 e. The molecule has 0 aliphatic heterocycles. The van der Waals surface area contributed by atoms with Crippen molar-refractivity contribution in [2.45, 2.75) is 38.0 Å². The van der Waals surface area contributed by atoms with Gasteiger partial charge in [-0.05, 0) is 19.3 Å². The van der Waals surface area contributed by atoms with Crippen molar-refractivity contribution in [2.24, 2.45) is 5.73 Å². The van der Waals surface area contributed by atoms with E-state index in [1.165, 1.54) is 4.68 Å². The first kappa shape index (κ1) is 12.0. The van der Waals surface area contributed by atoms with Crippen LogP contribution in [-0.2, 0) is 17.9 Å². The van der Waals surface area contributed by atoms with Crippen LogP contribution in [0, 0.1) is 0 Å². The summed E-state index contributed by atoms with van der Waals surface area (Å²) in [6.07, 6.45) is 4.18. The second-order valence-corrected chi connectivity index (χ2v) is 4.47. The molecule has 94 valence electrons. The van der Waals surface area contributed by atoms with E-state index >= 15 is 0 Å². The number of nitrogens with zero attached hydrogens (tertiary/aromatic N) is 3. The van der Waals surface area contributed by atoms with Crippen LogP contribution in [0.25, 0.3) is 0 Å². The lowest BCUT2D eigenvalue weighted by atomic mass is 9.80. The molecule has 17 heavy (non-hydrogen) atoms. The predicted octanol–water partition coefficient (Wildman–Crippen LogP) is -1.23. The van der Waals surface area contributed by atoms with Crippen molar-refractivity contribution in [3.8, 4) is 0 Å². The van der Waals surface area contributed by atoms with Crippen molar-refractivity contribution in [2.75, 3.05) is 6.54 Å². The van der Waals surface area contributed by atoms with Crippen LogP contribution in [0.3, 0.4) is 0 Å². The maximum Gasteiger partial charge on any atom is 0.241 e. The average molecular weight is 239 g/mol. The van der Waals surface area contributed by atoms with Gasteiger partial charge in [-0.25, -0.2) is 4.68 Å². The molecule has 4 N–H and O–H groups in total. The minimum absolute atomic E-state index is 0.100. The van der Waals surface area contributed by atoms with Crippen LogP contribution < -0.4 is 11.1 Å². The fraction of sp³-hybridized carbons (Fsp3) is 0.700. The van der Waals surface area contributed by atoms with E-state index in [1.54, 1.807) is 6.20 Å². The highest BCUT2D eigenvalue weighted by Gasteiger charge is 2.34. The molecule has 1 aromatic rings. The number of carbonyl (C=O) groups is 1. The number of carbonyl (C=O) groups excluding carboxylic acids is 1. The molecular formula is C10H17N5O2. The van der Waals surface area contributed by atoms with Gasteiger partial charge in [-0.3, -0.25) is 4.79 Å². The quantitative estimate of drug-likeness (QED) is 0.596. The molecule has 0 atom stereocenters. The number of amides is 1. The first-order valence-corrected chi connectivity index (χ1v) is 5.69. The average Bonchev–Trinajstić information content (AvgIpc) is 2.71. The van der Waals surface area contributed by atoms with E-state index in [4.69, 9.17) is 5.73 Å². The number of aliphatic hydroxyl groups is 1. The Morgan fingerprint density at radius 1 is 1.65 bits per heavy atom. The van der Waals surface area contributed by atoms with Crippen LogP contribution in [0.15, 0.2) is 6.20 Å². The molecule has 1 aliphatic rings. The van der Waals surface area contributed by atoms with Crippen molar-refractivity contribution >= 4 is 5.91 Å². The number of rotatable bonds is 5. The maximum absolute atomic E-state index is 11.6. The minimum Gasteiger partial charge on any atom is -0.388 e. The molecule has 0 bridgehead atoms. The van der Waals surface area contributed by atoms with E-state index in [1.807, 2.05) is 0 Å². The third-order valence-corrected chi connectivity index (χ3v) is 3.00. The minimum atomic E-state index is -0.694. The smallest absolute Gasteiger partial charge is 0.241 e. The summed E-state index contributed by atoms with van der Waals surface area (Å²) in [4.78, 5) is 11.6. The van der Waals surface area contributed by atoms with Crippen molar-refractivity contribution in [3.05, 3.63) is 11.9 Å². The lowest BCUT2D eigenvalue weighted by Crippen LogP contribution is -2.48. The number of aromatic nitrogens is 3. The zero-order chi connectivity index (χ0) is 12.3. The normalized spacial score (nSPS) is 17.5. The molecule has 2 rings (SSSR count). The molecule has 1 amide bonds. The number of nitrogens with one attached hydrogen (secondary N) is 1. The summed E-state index contributed by atoms with van der Waals surface area (Å²) >= 11 is 0. The maximum atomic E-state index is 11.6. The number of hydrogen-bond donors (Lipinski definition) is 3. The van der Waals surface area contributed by atoms with E-state index in [9.17, 15) is 9.90 Å². The van der Waals surface area contributed by atoms with Crippen LogP contribution in [0.4, 0.5) is 0 Å². The molecule has 0 saturated heterocycles. The fourth-order valence-corrected chi connectivity index (χ4v) is 1.74. The van der Waals surface area contributed by atoms with Crippen molar-refractivity contribution in [1.29, 1.82) is 0 Å². The highest BCUT2D eigenvalue weighted by molar-refractivity contribution is 5.75. The molecule has 7 heteroatoms. The molecule has 0 aromatic carbocycles. The van der Waals surface area contributed by atoms with E-state index in [0.29, 0.717) is 18.8 Å². The summed E-state index contributed by atoms with van der Waals surface area (Å²) in [6.45, 7) is 0.717. The Bertz CT molecular complexity index is 399. The van der Waals surface area contributed by atoms with Gasteiger partial charge in [0.05, 0.1) is 17.5 Å². The van der Waals surface area contributed by atoms with Gasteiger partial charge < -0.3 is 16.2 Å². The standard InChI is InChI=1S/C10H17N5O2/c11-4-8-5-15(14-13-8)6-9(16)12-7-10(17)2-1-3-10/h5,17H,1-4,6-7,11H2,(H,12,16). The molecule has 1 aliphatic carbocycles. The van der Waals surface area contributed by atoms with Gasteiger partial charge in [-0.2, -0.15) is 0 Å². The van der Waals surface area contributed by atoms with Crippen LogP contribution >= 0.6 is 0 Å². The molecule has 0 unspecified atom stereocenters. The Morgan fingerprint density at radius 3 is 2.94 bits per heavy atom. The highest BCUT2D eigenvalue weighted by atomic mass is 16.3. The second kappa shape index (κ2) is 4.80. The molecule has 1 aromatic heterocycles. The van der Waals surface area contributed by atoms with Gasteiger partial charge >= 0.3 is 0 Å². The Morgan fingerprint density at radius 2 is 2.41 bits per heavy atom. The van der Waals surface area contributed by atoms with Crippen LogP contribution in [0.1, 0.15) is 25.0 Å². The molecule has 1 saturated carbocycles. The van der Waals surface area contributed by atoms with E-state index in [0.717, 1.165) is 19.3 Å². The predicted molar refractivity (Wildman–Crippen MR) is 59.7 cm³/mol. The zero-order valence-electron chi connectivity index (χ0n) is 9.59. The van der Waals surface area contributed by atoms with Gasteiger partial charge in [0.25, 0.3) is 0 Å². The summed E-state index contributed by atoms with van der Waals surface area (Å²) in [5, 5.41) is 20.0. The first-order chi connectivity index (χ1) is 8.11. The Hall–Kier alpha value is -1.47.